The highest BCUT2D eigenvalue weighted by Gasteiger charge is 2.22. The zero-order chi connectivity index (χ0) is 15.7. The number of benzene rings is 2. The van der Waals surface area contributed by atoms with E-state index in [0.717, 1.165) is 15.6 Å². The fourth-order valence-corrected chi connectivity index (χ4v) is 2.98. The Kier molecular flexibility index (Phi) is 4.69. The van der Waals surface area contributed by atoms with Crippen LogP contribution in [-0.2, 0) is 0 Å². The van der Waals surface area contributed by atoms with Crippen LogP contribution >= 0.6 is 15.9 Å². The second kappa shape index (κ2) is 6.16. The van der Waals surface area contributed by atoms with Crippen molar-refractivity contribution in [2.45, 2.75) is 26.9 Å². The van der Waals surface area contributed by atoms with Gasteiger partial charge >= 0.3 is 0 Å². The number of hydrogen-bond acceptors (Lipinski definition) is 2. The van der Waals surface area contributed by atoms with Gasteiger partial charge in [-0.1, -0.05) is 28.1 Å². The number of hydrogen-bond donors (Lipinski definition) is 1. The molecule has 4 heteroatoms. The second-order valence-electron chi connectivity index (χ2n) is 5.16. The van der Waals surface area contributed by atoms with Crippen LogP contribution in [0, 0.1) is 26.6 Å². The van der Waals surface area contributed by atoms with Gasteiger partial charge in [-0.2, -0.15) is 0 Å². The molecule has 0 spiro atoms. The van der Waals surface area contributed by atoms with Gasteiger partial charge in [0.05, 0.1) is 7.11 Å². The highest BCUT2D eigenvalue weighted by molar-refractivity contribution is 9.10. The number of halogens is 2. The number of ether oxygens (including phenoxy) is 1. The first kappa shape index (κ1) is 16.0. The van der Waals surface area contributed by atoms with Gasteiger partial charge in [-0.05, 0) is 55.2 Å². The second-order valence-corrected chi connectivity index (χ2v) is 6.01. The third-order valence-electron chi connectivity index (χ3n) is 3.70. The molecule has 0 amide bonds. The van der Waals surface area contributed by atoms with Crippen molar-refractivity contribution < 1.29 is 14.2 Å². The summed E-state index contributed by atoms with van der Waals surface area (Å²) in [6.07, 6.45) is -0.939. The molecule has 0 aliphatic carbocycles. The summed E-state index contributed by atoms with van der Waals surface area (Å²) in [6.45, 7) is 5.50. The Balaban J connectivity index is 2.62. The molecule has 1 atom stereocenters. The number of aliphatic hydroxyl groups is 1. The van der Waals surface area contributed by atoms with Gasteiger partial charge in [-0.25, -0.2) is 4.39 Å². The quantitative estimate of drug-likeness (QED) is 0.874. The van der Waals surface area contributed by atoms with E-state index < -0.39 is 6.10 Å². The van der Waals surface area contributed by atoms with Crippen molar-refractivity contribution in [1.29, 1.82) is 0 Å². The van der Waals surface area contributed by atoms with Crippen LogP contribution in [0.4, 0.5) is 4.39 Å². The molecule has 2 nitrogen and oxygen atoms in total. The molecule has 21 heavy (non-hydrogen) atoms. The minimum absolute atomic E-state index is 0.324. The summed E-state index contributed by atoms with van der Waals surface area (Å²) < 4.78 is 20.1. The van der Waals surface area contributed by atoms with Crippen LogP contribution in [0.2, 0.25) is 0 Å². The monoisotopic (exact) mass is 352 g/mol. The zero-order valence-corrected chi connectivity index (χ0v) is 14.1. The van der Waals surface area contributed by atoms with Gasteiger partial charge in [-0.15, -0.1) is 0 Å². The smallest absolute Gasteiger partial charge is 0.128 e. The van der Waals surface area contributed by atoms with Gasteiger partial charge in [0.1, 0.15) is 17.7 Å². The Labute approximate surface area is 132 Å². The van der Waals surface area contributed by atoms with Crippen LogP contribution in [0.25, 0.3) is 0 Å². The summed E-state index contributed by atoms with van der Waals surface area (Å²) in [5.41, 5.74) is 3.52. The maximum Gasteiger partial charge on any atom is 0.128 e. The van der Waals surface area contributed by atoms with Crippen LogP contribution in [-0.4, -0.2) is 12.2 Å². The lowest BCUT2D eigenvalue weighted by molar-refractivity contribution is 0.213. The highest BCUT2D eigenvalue weighted by atomic mass is 79.9. The maximum atomic E-state index is 13.7. The van der Waals surface area contributed by atoms with Crippen molar-refractivity contribution in [2.24, 2.45) is 0 Å². The van der Waals surface area contributed by atoms with Crippen molar-refractivity contribution >= 4 is 15.9 Å². The minimum Gasteiger partial charge on any atom is -0.496 e. The van der Waals surface area contributed by atoms with Crippen molar-refractivity contribution in [2.75, 3.05) is 7.11 Å². The summed E-state index contributed by atoms with van der Waals surface area (Å²) in [4.78, 5) is 0. The zero-order valence-electron chi connectivity index (χ0n) is 12.5. The molecule has 0 saturated heterocycles. The molecular formula is C17H18BrFO2. The molecule has 0 bridgehead atoms. The summed E-state index contributed by atoms with van der Waals surface area (Å²) in [7, 11) is 1.57. The summed E-state index contributed by atoms with van der Waals surface area (Å²) >= 11 is 3.49. The van der Waals surface area contributed by atoms with Gasteiger partial charge in [-0.3, -0.25) is 0 Å². The molecule has 2 aromatic rings. The van der Waals surface area contributed by atoms with E-state index in [1.807, 2.05) is 19.9 Å². The molecule has 1 N–H and O–H groups in total. The minimum atomic E-state index is -0.939. The molecule has 0 aromatic heterocycles. The molecule has 2 aromatic carbocycles. The van der Waals surface area contributed by atoms with Gasteiger partial charge < -0.3 is 9.84 Å². The first-order valence-corrected chi connectivity index (χ1v) is 7.43. The Morgan fingerprint density at radius 2 is 1.81 bits per heavy atom. The van der Waals surface area contributed by atoms with Crippen molar-refractivity contribution in [3.8, 4) is 5.75 Å². The predicted octanol–water partition coefficient (Wildman–Crippen LogP) is 4.60. The highest BCUT2D eigenvalue weighted by Crippen LogP contribution is 2.39. The standard InChI is InChI=1S/C17H18BrFO2/c1-9-5-6-12(8-14(9)19)16(20)15-11(3)13(18)7-10(2)17(15)21-4/h5-8,16,20H,1-4H3. The lowest BCUT2D eigenvalue weighted by Gasteiger charge is -2.21. The molecule has 0 heterocycles. The Morgan fingerprint density at radius 3 is 2.38 bits per heavy atom. The van der Waals surface area contributed by atoms with Gasteiger partial charge in [0, 0.05) is 10.0 Å². The number of rotatable bonds is 3. The molecule has 112 valence electrons. The van der Waals surface area contributed by atoms with Gasteiger partial charge in [0.25, 0.3) is 0 Å². The SMILES string of the molecule is COc1c(C)cc(Br)c(C)c1C(O)c1ccc(C)c(F)c1. The van der Waals surface area contributed by atoms with Crippen LogP contribution in [0.5, 0.6) is 5.75 Å². The Hall–Kier alpha value is -1.39. The summed E-state index contributed by atoms with van der Waals surface area (Å²) in [5.74, 6) is 0.305. The molecule has 0 aliphatic rings. The number of methoxy groups -OCH3 is 1. The predicted molar refractivity (Wildman–Crippen MR) is 85.4 cm³/mol. The largest absolute Gasteiger partial charge is 0.496 e. The molecule has 0 saturated carbocycles. The average molecular weight is 353 g/mol. The lowest BCUT2D eigenvalue weighted by atomic mass is 9.94. The molecule has 0 fully saturated rings. The summed E-state index contributed by atoms with van der Waals surface area (Å²) in [6, 6.07) is 6.72. The first-order valence-electron chi connectivity index (χ1n) is 6.64. The average Bonchev–Trinajstić information content (AvgIpc) is 2.44. The van der Waals surface area contributed by atoms with E-state index in [1.165, 1.54) is 6.07 Å². The maximum absolute atomic E-state index is 13.7. The molecule has 1 unspecified atom stereocenters. The van der Waals surface area contributed by atoms with E-state index in [4.69, 9.17) is 4.74 Å². The molecule has 2 rings (SSSR count). The fourth-order valence-electron chi connectivity index (χ4n) is 2.42. The van der Waals surface area contributed by atoms with E-state index in [1.54, 1.807) is 26.2 Å². The van der Waals surface area contributed by atoms with E-state index in [9.17, 15) is 9.50 Å². The Bertz CT molecular complexity index is 683. The first-order chi connectivity index (χ1) is 9.86. The third-order valence-corrected chi connectivity index (χ3v) is 4.52. The molecule has 0 aliphatic heterocycles. The number of aryl methyl sites for hydroxylation is 2. The van der Waals surface area contributed by atoms with Crippen LogP contribution in [0.15, 0.2) is 28.7 Å². The van der Waals surface area contributed by atoms with Crippen molar-refractivity contribution in [1.82, 2.24) is 0 Å². The number of aliphatic hydroxyl groups excluding tert-OH is 1. The van der Waals surface area contributed by atoms with Crippen LogP contribution < -0.4 is 4.74 Å². The normalized spacial score (nSPS) is 12.3. The van der Waals surface area contributed by atoms with Crippen molar-refractivity contribution in [3.05, 3.63) is 62.4 Å². The summed E-state index contributed by atoms with van der Waals surface area (Å²) in [5, 5.41) is 10.7. The van der Waals surface area contributed by atoms with Crippen LogP contribution in [0.3, 0.4) is 0 Å². The van der Waals surface area contributed by atoms with E-state index in [-0.39, 0.29) is 5.82 Å². The third kappa shape index (κ3) is 2.97. The lowest BCUT2D eigenvalue weighted by Crippen LogP contribution is -2.07. The van der Waals surface area contributed by atoms with Gasteiger partial charge in [0.2, 0.25) is 0 Å². The van der Waals surface area contributed by atoms with E-state index >= 15 is 0 Å². The van der Waals surface area contributed by atoms with Gasteiger partial charge in [0.15, 0.2) is 0 Å². The van der Waals surface area contributed by atoms with E-state index in [2.05, 4.69) is 15.9 Å². The fraction of sp³-hybridized carbons (Fsp3) is 0.294. The van der Waals surface area contributed by atoms with E-state index in [0.29, 0.717) is 22.4 Å². The topological polar surface area (TPSA) is 29.5 Å². The van der Waals surface area contributed by atoms with Crippen molar-refractivity contribution in [3.63, 3.8) is 0 Å². The molecule has 0 radical (unpaired) electrons. The Morgan fingerprint density at radius 1 is 1.14 bits per heavy atom. The van der Waals surface area contributed by atoms with Crippen LogP contribution in [0.1, 0.15) is 33.9 Å². The molecular weight excluding hydrogens is 335 g/mol.